The number of halogens is 2. The van der Waals surface area contributed by atoms with Crippen LogP contribution in [0.4, 0.5) is 5.69 Å². The lowest BCUT2D eigenvalue weighted by atomic mass is 10.2. The molecule has 88 valence electrons. The lowest BCUT2D eigenvalue weighted by molar-refractivity contribution is 1.04. The van der Waals surface area contributed by atoms with Gasteiger partial charge < -0.3 is 5.32 Å². The molecule has 17 heavy (non-hydrogen) atoms. The number of aryl methyl sites for hydroxylation is 1. The Morgan fingerprint density at radius 1 is 1.29 bits per heavy atom. The Morgan fingerprint density at radius 2 is 2.12 bits per heavy atom. The highest BCUT2D eigenvalue weighted by Gasteiger charge is 2.07. The maximum atomic E-state index is 6.02. The van der Waals surface area contributed by atoms with Crippen molar-refractivity contribution in [3.05, 3.63) is 52.0 Å². The zero-order chi connectivity index (χ0) is 12.3. The van der Waals surface area contributed by atoms with Crippen LogP contribution in [0, 0.1) is 6.92 Å². The molecule has 0 saturated carbocycles. The molecule has 1 N–H and O–H groups in total. The number of rotatable bonds is 3. The van der Waals surface area contributed by atoms with Gasteiger partial charge in [-0.1, -0.05) is 29.3 Å². The second-order valence-electron chi connectivity index (χ2n) is 3.60. The van der Waals surface area contributed by atoms with Gasteiger partial charge in [0.15, 0.2) is 5.15 Å². The summed E-state index contributed by atoms with van der Waals surface area (Å²) in [4.78, 5) is 8.21. The van der Waals surface area contributed by atoms with Gasteiger partial charge in [-0.3, -0.25) is 4.98 Å². The first-order chi connectivity index (χ1) is 8.16. The Hall–Kier alpha value is -1.32. The fraction of sp³-hybridized carbons (Fsp3) is 0.167. The topological polar surface area (TPSA) is 37.8 Å². The molecular formula is C12H11Cl2N3. The molecule has 2 aromatic heterocycles. The normalized spacial score (nSPS) is 10.3. The molecule has 3 nitrogen and oxygen atoms in total. The standard InChI is InChI=1S/C12H11Cl2N3/c1-8-6-10(13)17-12(14)11(8)16-7-9-4-2-3-5-15-9/h2-6,16H,7H2,1H3. The van der Waals surface area contributed by atoms with Crippen LogP contribution in [0.1, 0.15) is 11.3 Å². The fourth-order valence-electron chi connectivity index (χ4n) is 1.49. The van der Waals surface area contributed by atoms with Gasteiger partial charge >= 0.3 is 0 Å². The number of nitrogens with one attached hydrogen (secondary N) is 1. The predicted octanol–water partition coefficient (Wildman–Crippen LogP) is 3.70. The number of anilines is 1. The molecule has 0 aliphatic rings. The minimum Gasteiger partial charge on any atom is -0.377 e. The third-order valence-corrected chi connectivity index (χ3v) is 2.78. The van der Waals surface area contributed by atoms with Crippen LogP contribution in [-0.2, 0) is 6.54 Å². The largest absolute Gasteiger partial charge is 0.377 e. The third kappa shape index (κ3) is 3.08. The fourth-order valence-corrected chi connectivity index (χ4v) is 2.09. The summed E-state index contributed by atoms with van der Waals surface area (Å²) < 4.78 is 0. The first-order valence-electron chi connectivity index (χ1n) is 5.13. The number of aromatic nitrogens is 2. The van der Waals surface area contributed by atoms with Gasteiger partial charge in [0.2, 0.25) is 0 Å². The van der Waals surface area contributed by atoms with E-state index in [-0.39, 0.29) is 0 Å². The van der Waals surface area contributed by atoms with Gasteiger partial charge in [-0.05, 0) is 30.7 Å². The van der Waals surface area contributed by atoms with E-state index < -0.39 is 0 Å². The molecule has 0 aliphatic heterocycles. The Labute approximate surface area is 110 Å². The summed E-state index contributed by atoms with van der Waals surface area (Å²) in [5.74, 6) is 0. The summed E-state index contributed by atoms with van der Waals surface area (Å²) in [5, 5.41) is 3.99. The first kappa shape index (κ1) is 12.1. The zero-order valence-electron chi connectivity index (χ0n) is 9.24. The molecule has 5 heteroatoms. The highest BCUT2D eigenvalue weighted by Crippen LogP contribution is 2.26. The summed E-state index contributed by atoms with van der Waals surface area (Å²) in [6.45, 7) is 2.53. The first-order valence-corrected chi connectivity index (χ1v) is 5.89. The molecule has 2 heterocycles. The van der Waals surface area contributed by atoms with E-state index in [0.29, 0.717) is 16.9 Å². The monoisotopic (exact) mass is 267 g/mol. The van der Waals surface area contributed by atoms with Crippen LogP contribution in [0.3, 0.4) is 0 Å². The summed E-state index contributed by atoms with van der Waals surface area (Å²) in [6.07, 6.45) is 1.76. The van der Waals surface area contributed by atoms with Crippen molar-refractivity contribution >= 4 is 28.9 Å². The second kappa shape index (κ2) is 5.34. The van der Waals surface area contributed by atoms with Gasteiger partial charge in [-0.15, -0.1) is 0 Å². The molecule has 0 amide bonds. The number of pyridine rings is 2. The Balaban J connectivity index is 2.15. The van der Waals surface area contributed by atoms with Crippen molar-refractivity contribution in [3.63, 3.8) is 0 Å². The van der Waals surface area contributed by atoms with E-state index in [1.807, 2.05) is 25.1 Å². The van der Waals surface area contributed by atoms with Crippen molar-refractivity contribution in [1.29, 1.82) is 0 Å². The molecule has 0 bridgehead atoms. The smallest absolute Gasteiger partial charge is 0.154 e. The van der Waals surface area contributed by atoms with Gasteiger partial charge in [0.25, 0.3) is 0 Å². The van der Waals surface area contributed by atoms with Crippen molar-refractivity contribution < 1.29 is 0 Å². The van der Waals surface area contributed by atoms with Crippen molar-refractivity contribution in [1.82, 2.24) is 9.97 Å². The molecular weight excluding hydrogens is 257 g/mol. The summed E-state index contributed by atoms with van der Waals surface area (Å²) >= 11 is 11.8. The average molecular weight is 268 g/mol. The van der Waals surface area contributed by atoms with E-state index in [2.05, 4.69) is 15.3 Å². The van der Waals surface area contributed by atoms with Gasteiger partial charge in [0.05, 0.1) is 17.9 Å². The maximum Gasteiger partial charge on any atom is 0.154 e. The highest BCUT2D eigenvalue weighted by atomic mass is 35.5. The highest BCUT2D eigenvalue weighted by molar-refractivity contribution is 6.34. The van der Waals surface area contributed by atoms with Crippen molar-refractivity contribution in [2.75, 3.05) is 5.32 Å². The van der Waals surface area contributed by atoms with E-state index in [1.165, 1.54) is 0 Å². The molecule has 0 unspecified atom stereocenters. The second-order valence-corrected chi connectivity index (χ2v) is 4.35. The summed E-state index contributed by atoms with van der Waals surface area (Å²) in [6, 6.07) is 7.54. The quantitative estimate of drug-likeness (QED) is 0.862. The van der Waals surface area contributed by atoms with Crippen molar-refractivity contribution in [3.8, 4) is 0 Å². The van der Waals surface area contributed by atoms with E-state index in [4.69, 9.17) is 23.2 Å². The van der Waals surface area contributed by atoms with Gasteiger partial charge in [-0.25, -0.2) is 4.98 Å². The molecule has 2 rings (SSSR count). The molecule has 0 atom stereocenters. The van der Waals surface area contributed by atoms with Crippen LogP contribution in [0.5, 0.6) is 0 Å². The maximum absolute atomic E-state index is 6.02. The molecule has 0 aromatic carbocycles. The minimum atomic E-state index is 0.380. The minimum absolute atomic E-state index is 0.380. The molecule has 2 aromatic rings. The Kier molecular flexibility index (Phi) is 3.82. The van der Waals surface area contributed by atoms with Gasteiger partial charge in [-0.2, -0.15) is 0 Å². The van der Waals surface area contributed by atoms with E-state index in [0.717, 1.165) is 16.9 Å². The third-order valence-electron chi connectivity index (χ3n) is 2.31. The predicted molar refractivity (Wildman–Crippen MR) is 70.6 cm³/mol. The SMILES string of the molecule is Cc1cc(Cl)nc(Cl)c1NCc1ccccn1. The van der Waals surface area contributed by atoms with Crippen molar-refractivity contribution in [2.24, 2.45) is 0 Å². The molecule has 0 aliphatic carbocycles. The van der Waals surface area contributed by atoms with Crippen LogP contribution >= 0.6 is 23.2 Å². The zero-order valence-corrected chi connectivity index (χ0v) is 10.8. The molecule has 0 saturated heterocycles. The average Bonchev–Trinajstić information content (AvgIpc) is 2.29. The van der Waals surface area contributed by atoms with Crippen LogP contribution < -0.4 is 5.32 Å². The number of hydrogen-bond donors (Lipinski definition) is 1. The number of nitrogens with zero attached hydrogens (tertiary/aromatic N) is 2. The Bertz CT molecular complexity index is 491. The summed E-state index contributed by atoms with van der Waals surface area (Å²) in [7, 11) is 0. The lowest BCUT2D eigenvalue weighted by Gasteiger charge is -2.10. The van der Waals surface area contributed by atoms with Gasteiger partial charge in [0, 0.05) is 6.20 Å². The molecule has 0 radical (unpaired) electrons. The van der Waals surface area contributed by atoms with E-state index >= 15 is 0 Å². The van der Waals surface area contributed by atoms with Gasteiger partial charge in [0.1, 0.15) is 5.15 Å². The van der Waals surface area contributed by atoms with Crippen LogP contribution in [-0.4, -0.2) is 9.97 Å². The van der Waals surface area contributed by atoms with Crippen LogP contribution in [0.25, 0.3) is 0 Å². The van der Waals surface area contributed by atoms with Crippen molar-refractivity contribution in [2.45, 2.75) is 13.5 Å². The van der Waals surface area contributed by atoms with E-state index in [1.54, 1.807) is 12.3 Å². The van der Waals surface area contributed by atoms with Crippen LogP contribution in [0.15, 0.2) is 30.5 Å². The molecule has 0 fully saturated rings. The van der Waals surface area contributed by atoms with E-state index in [9.17, 15) is 0 Å². The Morgan fingerprint density at radius 3 is 2.76 bits per heavy atom. The molecule has 0 spiro atoms. The van der Waals surface area contributed by atoms with Crippen LogP contribution in [0.2, 0.25) is 10.3 Å². The summed E-state index contributed by atoms with van der Waals surface area (Å²) in [5.41, 5.74) is 2.70. The lowest BCUT2D eigenvalue weighted by Crippen LogP contribution is -2.04. The number of hydrogen-bond acceptors (Lipinski definition) is 3.